The van der Waals surface area contributed by atoms with Crippen molar-refractivity contribution in [1.29, 1.82) is 0 Å². The molecule has 0 aliphatic heterocycles. The molecule has 0 spiro atoms. The summed E-state index contributed by atoms with van der Waals surface area (Å²) in [5, 5.41) is 10.9. The largest absolute Gasteiger partial charge is 0.460 e. The Labute approximate surface area is 128 Å². The minimum absolute atomic E-state index is 0.0584. The molecule has 6 nitrogen and oxygen atoms in total. The number of nitrogens with zero attached hydrogens (tertiary/aromatic N) is 1. The third-order valence-electron chi connectivity index (χ3n) is 4.30. The number of carbonyl (C=O) groups excluding carboxylic acids is 2. The van der Waals surface area contributed by atoms with Gasteiger partial charge in [0.25, 0.3) is 0 Å². The number of carbonyl (C=O) groups is 2. The van der Waals surface area contributed by atoms with Crippen LogP contribution < -0.4 is 0 Å². The van der Waals surface area contributed by atoms with Crippen molar-refractivity contribution in [2.24, 2.45) is 11.3 Å². The van der Waals surface area contributed by atoms with Crippen LogP contribution in [0.5, 0.6) is 0 Å². The van der Waals surface area contributed by atoms with Crippen molar-refractivity contribution in [3.05, 3.63) is 46.0 Å². The van der Waals surface area contributed by atoms with Crippen molar-refractivity contribution in [3.63, 3.8) is 0 Å². The zero-order chi connectivity index (χ0) is 16.0. The Morgan fingerprint density at radius 3 is 2.50 bits per heavy atom. The molecule has 1 atom stereocenters. The van der Waals surface area contributed by atoms with Gasteiger partial charge in [0.2, 0.25) is 6.54 Å². The predicted molar refractivity (Wildman–Crippen MR) is 78.6 cm³/mol. The van der Waals surface area contributed by atoms with Crippen molar-refractivity contribution in [1.82, 2.24) is 0 Å². The average Bonchev–Trinajstić information content (AvgIpc) is 3.01. The van der Waals surface area contributed by atoms with Crippen LogP contribution in [0.1, 0.15) is 31.2 Å². The van der Waals surface area contributed by atoms with Gasteiger partial charge in [-0.1, -0.05) is 43.2 Å². The summed E-state index contributed by atoms with van der Waals surface area (Å²) in [5.41, 5.74) is -0.136. The molecule has 1 saturated carbocycles. The molecule has 0 unspecified atom stereocenters. The first kappa shape index (κ1) is 16.1. The Morgan fingerprint density at radius 2 is 1.95 bits per heavy atom. The number of hydrogen-bond acceptors (Lipinski definition) is 5. The molecule has 6 heteroatoms. The van der Waals surface area contributed by atoms with Crippen LogP contribution in [0, 0.1) is 21.4 Å². The maximum atomic E-state index is 12.3. The smallest absolute Gasteiger partial charge is 0.316 e. The summed E-state index contributed by atoms with van der Waals surface area (Å²) < 4.78 is 5.23. The lowest BCUT2D eigenvalue weighted by atomic mass is 9.75. The second kappa shape index (κ2) is 7.15. The normalized spacial score (nSPS) is 17.6. The quantitative estimate of drug-likeness (QED) is 0.334. The molecule has 0 N–H and O–H groups in total. The second-order valence-electron chi connectivity index (χ2n) is 5.72. The van der Waals surface area contributed by atoms with Crippen LogP contribution in [0.3, 0.4) is 0 Å². The van der Waals surface area contributed by atoms with Crippen molar-refractivity contribution in [3.8, 4) is 0 Å². The Balaban J connectivity index is 2.09. The first-order valence-electron chi connectivity index (χ1n) is 7.36. The molecule has 22 heavy (non-hydrogen) atoms. The lowest BCUT2D eigenvalue weighted by Gasteiger charge is -2.28. The molecule has 0 heterocycles. The summed E-state index contributed by atoms with van der Waals surface area (Å²) >= 11 is 0. The van der Waals surface area contributed by atoms with Crippen molar-refractivity contribution in [2.45, 2.75) is 32.3 Å². The van der Waals surface area contributed by atoms with E-state index in [1.54, 1.807) is 12.1 Å². The van der Waals surface area contributed by atoms with Crippen LogP contribution in [0.4, 0.5) is 0 Å². The zero-order valence-corrected chi connectivity index (χ0v) is 12.3. The first-order valence-corrected chi connectivity index (χ1v) is 7.36. The molecule has 1 aromatic carbocycles. The molecule has 118 valence electrons. The van der Waals surface area contributed by atoms with Gasteiger partial charge in [-0.3, -0.25) is 14.9 Å². The van der Waals surface area contributed by atoms with E-state index in [0.29, 0.717) is 12.8 Å². The van der Waals surface area contributed by atoms with Crippen LogP contribution in [0.2, 0.25) is 0 Å². The molecule has 0 aromatic heterocycles. The van der Waals surface area contributed by atoms with E-state index in [1.165, 1.54) is 0 Å². The van der Waals surface area contributed by atoms with Gasteiger partial charge in [-0.25, -0.2) is 0 Å². The number of benzene rings is 1. The summed E-state index contributed by atoms with van der Waals surface area (Å²) in [7, 11) is 0. The van der Waals surface area contributed by atoms with Gasteiger partial charge in [-0.05, 0) is 18.4 Å². The van der Waals surface area contributed by atoms with Crippen LogP contribution in [0.15, 0.2) is 30.3 Å². The standard InChI is InChI=1S/C16H19NO5/c18-12-16(8-4-5-9-16)14(10-17(20)21)15(19)22-11-13-6-2-1-3-7-13/h1-3,6-7,12,14H,4-5,8-11H2/t14-/m0/s1. The molecule has 1 aliphatic rings. The Hall–Kier alpha value is -2.24. The lowest BCUT2D eigenvalue weighted by Crippen LogP contribution is -2.40. The monoisotopic (exact) mass is 305 g/mol. The lowest BCUT2D eigenvalue weighted by molar-refractivity contribution is -0.488. The maximum absolute atomic E-state index is 12.3. The molecule has 1 fully saturated rings. The van der Waals surface area contributed by atoms with Gasteiger partial charge >= 0.3 is 5.97 Å². The molecular formula is C16H19NO5. The molecule has 0 saturated heterocycles. The summed E-state index contributed by atoms with van der Waals surface area (Å²) in [5.74, 6) is -1.67. The van der Waals surface area contributed by atoms with Crippen LogP contribution in [-0.4, -0.2) is 23.7 Å². The molecule has 0 radical (unpaired) electrons. The number of aldehydes is 1. The first-order chi connectivity index (χ1) is 10.6. The fourth-order valence-corrected chi connectivity index (χ4v) is 3.05. The highest BCUT2D eigenvalue weighted by Gasteiger charge is 2.48. The van der Waals surface area contributed by atoms with E-state index in [1.807, 2.05) is 18.2 Å². The second-order valence-corrected chi connectivity index (χ2v) is 5.72. The molecule has 0 amide bonds. The highest BCUT2D eigenvalue weighted by atomic mass is 16.6. The molecule has 1 aromatic rings. The van der Waals surface area contributed by atoms with Gasteiger partial charge in [0.15, 0.2) is 0 Å². The third-order valence-corrected chi connectivity index (χ3v) is 4.30. The van der Waals surface area contributed by atoms with Crippen LogP contribution in [0.25, 0.3) is 0 Å². The van der Waals surface area contributed by atoms with E-state index in [0.717, 1.165) is 24.7 Å². The van der Waals surface area contributed by atoms with Gasteiger partial charge < -0.3 is 9.53 Å². The minimum Gasteiger partial charge on any atom is -0.460 e. The fourth-order valence-electron chi connectivity index (χ4n) is 3.05. The summed E-state index contributed by atoms with van der Waals surface area (Å²) in [6, 6.07) is 9.10. The van der Waals surface area contributed by atoms with E-state index in [2.05, 4.69) is 0 Å². The van der Waals surface area contributed by atoms with E-state index in [4.69, 9.17) is 4.74 Å². The number of esters is 1. The number of rotatable bonds is 7. The van der Waals surface area contributed by atoms with Gasteiger partial charge in [0.1, 0.15) is 18.8 Å². The zero-order valence-electron chi connectivity index (χ0n) is 12.3. The predicted octanol–water partition coefficient (Wildman–Crippen LogP) is 2.38. The third kappa shape index (κ3) is 3.69. The van der Waals surface area contributed by atoms with Gasteiger partial charge in [-0.2, -0.15) is 0 Å². The van der Waals surface area contributed by atoms with Gasteiger partial charge in [0.05, 0.1) is 0 Å². The maximum Gasteiger partial charge on any atom is 0.316 e. The van der Waals surface area contributed by atoms with Gasteiger partial charge in [-0.15, -0.1) is 0 Å². The van der Waals surface area contributed by atoms with E-state index in [9.17, 15) is 19.7 Å². The van der Waals surface area contributed by atoms with Crippen LogP contribution in [-0.2, 0) is 20.9 Å². The highest BCUT2D eigenvalue weighted by molar-refractivity contribution is 5.79. The highest BCUT2D eigenvalue weighted by Crippen LogP contribution is 2.43. The summed E-state index contributed by atoms with van der Waals surface area (Å²) in [6.45, 7) is -0.505. The SMILES string of the molecule is O=CC1([C@@H](C[N+](=O)[O-])C(=O)OCc2ccccc2)CCCC1. The van der Waals surface area contributed by atoms with E-state index >= 15 is 0 Å². The van der Waals surface area contributed by atoms with Gasteiger partial charge in [0, 0.05) is 10.3 Å². The number of ether oxygens (including phenoxy) is 1. The average molecular weight is 305 g/mol. The fraction of sp³-hybridized carbons (Fsp3) is 0.500. The van der Waals surface area contributed by atoms with E-state index in [-0.39, 0.29) is 6.61 Å². The van der Waals surface area contributed by atoms with Crippen molar-refractivity contribution >= 4 is 12.3 Å². The number of hydrogen-bond donors (Lipinski definition) is 0. The molecule has 0 bridgehead atoms. The minimum atomic E-state index is -1.01. The molecule has 1 aliphatic carbocycles. The Morgan fingerprint density at radius 1 is 1.32 bits per heavy atom. The molecular weight excluding hydrogens is 286 g/mol. The van der Waals surface area contributed by atoms with Crippen molar-refractivity contribution in [2.75, 3.05) is 6.54 Å². The number of nitro groups is 1. The summed E-state index contributed by atoms with van der Waals surface area (Å²) in [6.07, 6.45) is 3.35. The summed E-state index contributed by atoms with van der Waals surface area (Å²) in [4.78, 5) is 34.2. The Kier molecular flexibility index (Phi) is 5.25. The molecule has 2 rings (SSSR count). The Bertz CT molecular complexity index is 537. The van der Waals surface area contributed by atoms with E-state index < -0.39 is 28.8 Å². The topological polar surface area (TPSA) is 86.5 Å². The van der Waals surface area contributed by atoms with Crippen molar-refractivity contribution < 1.29 is 19.2 Å². The van der Waals surface area contributed by atoms with Crippen LogP contribution >= 0.6 is 0 Å².